The fourth-order valence-electron chi connectivity index (χ4n) is 8.52. The predicted molar refractivity (Wildman–Crippen MR) is 234 cm³/mol. The van der Waals surface area contributed by atoms with E-state index >= 15 is 0 Å². The van der Waals surface area contributed by atoms with Gasteiger partial charge in [0.1, 0.15) is 11.2 Å². The molecule has 4 nitrogen and oxygen atoms in total. The van der Waals surface area contributed by atoms with Gasteiger partial charge >= 0.3 is 0 Å². The van der Waals surface area contributed by atoms with Crippen LogP contribution in [0.2, 0.25) is 0 Å². The molecular formula is C51H29N3OS. The van der Waals surface area contributed by atoms with Crippen molar-refractivity contribution in [2.24, 2.45) is 0 Å². The van der Waals surface area contributed by atoms with E-state index in [1.165, 1.54) is 30.9 Å². The second-order valence-corrected chi connectivity index (χ2v) is 15.4. The van der Waals surface area contributed by atoms with E-state index in [0.29, 0.717) is 17.5 Å². The number of furan rings is 1. The van der Waals surface area contributed by atoms with E-state index in [-0.39, 0.29) is 0 Å². The van der Waals surface area contributed by atoms with Gasteiger partial charge in [-0.25, -0.2) is 15.0 Å². The lowest BCUT2D eigenvalue weighted by molar-refractivity contribution is 0.673. The molecule has 0 saturated heterocycles. The Hall–Kier alpha value is -7.21. The summed E-state index contributed by atoms with van der Waals surface area (Å²) in [5, 5.41) is 11.5. The molecule has 9 aromatic carbocycles. The SMILES string of the molecule is c1ccc(-c2nc(-c3cc(-c4cc5ccc6ccccc6c5c5oc6ccccc6c45)c4ccccc4c3)nc(-c3cccc4c3sc3ccccc34)n2)cc1. The average Bonchev–Trinajstić information content (AvgIpc) is 3.85. The van der Waals surface area contributed by atoms with E-state index in [1.807, 2.05) is 24.3 Å². The maximum Gasteiger partial charge on any atom is 0.165 e. The highest BCUT2D eigenvalue weighted by Gasteiger charge is 2.22. The van der Waals surface area contributed by atoms with Gasteiger partial charge in [0.05, 0.1) is 0 Å². The lowest BCUT2D eigenvalue weighted by Gasteiger charge is -2.15. The number of thiophene rings is 1. The van der Waals surface area contributed by atoms with Crippen LogP contribution in [0.15, 0.2) is 180 Å². The topological polar surface area (TPSA) is 51.8 Å². The summed E-state index contributed by atoms with van der Waals surface area (Å²) in [5.41, 5.74) is 6.83. The van der Waals surface area contributed by atoms with E-state index in [0.717, 1.165) is 71.3 Å². The second-order valence-electron chi connectivity index (χ2n) is 14.3. The zero-order valence-corrected chi connectivity index (χ0v) is 30.7. The van der Waals surface area contributed by atoms with Crippen molar-refractivity contribution in [1.29, 1.82) is 0 Å². The van der Waals surface area contributed by atoms with Crippen LogP contribution in [-0.4, -0.2) is 15.0 Å². The molecule has 0 radical (unpaired) electrons. The summed E-state index contributed by atoms with van der Waals surface area (Å²) in [6, 6.07) is 62.0. The van der Waals surface area contributed by atoms with Crippen molar-refractivity contribution in [3.63, 3.8) is 0 Å². The van der Waals surface area contributed by atoms with Crippen molar-refractivity contribution in [3.05, 3.63) is 176 Å². The molecule has 0 fully saturated rings. The van der Waals surface area contributed by atoms with Crippen molar-refractivity contribution < 1.29 is 4.42 Å². The van der Waals surface area contributed by atoms with Crippen molar-refractivity contribution >= 4 is 85.8 Å². The summed E-state index contributed by atoms with van der Waals surface area (Å²) in [4.78, 5) is 15.7. The standard InChI is InChI=1S/C51H29N3OS/c1-2-14-31(15-3-1)49-52-50(54-51(53-49)40-22-12-21-38-37-19-9-11-24-44(37)56-48(38)40)34-27-32-16-5-6-17-35(32)41(29-34)42-28-33-26-25-30-13-4-7-18-36(30)45(33)47-46(42)39-20-8-10-23-43(39)55-47/h1-29H. The van der Waals surface area contributed by atoms with Crippen LogP contribution in [0, 0.1) is 0 Å². The van der Waals surface area contributed by atoms with Crippen LogP contribution in [0.3, 0.4) is 0 Å². The number of para-hydroxylation sites is 1. The van der Waals surface area contributed by atoms with E-state index in [2.05, 4.69) is 152 Å². The molecule has 0 amide bonds. The zero-order chi connectivity index (χ0) is 36.7. The van der Waals surface area contributed by atoms with E-state index in [1.54, 1.807) is 11.3 Å². The first kappa shape index (κ1) is 31.2. The first-order chi connectivity index (χ1) is 27.7. The van der Waals surface area contributed by atoms with E-state index in [4.69, 9.17) is 19.4 Å². The maximum atomic E-state index is 6.82. The Morgan fingerprint density at radius 3 is 1.91 bits per heavy atom. The van der Waals surface area contributed by atoms with E-state index < -0.39 is 0 Å². The fraction of sp³-hybridized carbons (Fsp3) is 0. The Balaban J connectivity index is 1.16. The van der Waals surface area contributed by atoms with Gasteiger partial charge in [0.15, 0.2) is 17.5 Å². The zero-order valence-electron chi connectivity index (χ0n) is 29.9. The van der Waals surface area contributed by atoms with Crippen LogP contribution < -0.4 is 0 Å². The molecule has 0 aliphatic rings. The van der Waals surface area contributed by atoms with Crippen LogP contribution >= 0.6 is 11.3 Å². The Kier molecular flexibility index (Phi) is 6.76. The molecule has 0 aliphatic carbocycles. The molecule has 3 heterocycles. The molecule has 3 aromatic heterocycles. The quantitative estimate of drug-likeness (QED) is 0.169. The number of aromatic nitrogens is 3. The first-order valence-electron chi connectivity index (χ1n) is 18.8. The van der Waals surface area contributed by atoms with Gasteiger partial charge in [0.25, 0.3) is 0 Å². The molecule has 12 rings (SSSR count). The molecule has 0 unspecified atom stereocenters. The van der Waals surface area contributed by atoms with Gasteiger partial charge in [0.2, 0.25) is 0 Å². The smallest absolute Gasteiger partial charge is 0.165 e. The second kappa shape index (κ2) is 12.2. The van der Waals surface area contributed by atoms with Gasteiger partial charge < -0.3 is 4.42 Å². The third-order valence-corrected chi connectivity index (χ3v) is 12.3. The Morgan fingerprint density at radius 1 is 0.375 bits per heavy atom. The normalized spacial score (nSPS) is 11.9. The number of hydrogen-bond donors (Lipinski definition) is 0. The molecule has 56 heavy (non-hydrogen) atoms. The Morgan fingerprint density at radius 2 is 1.04 bits per heavy atom. The van der Waals surface area contributed by atoms with Crippen molar-refractivity contribution in [1.82, 2.24) is 15.0 Å². The molecule has 0 N–H and O–H groups in total. The Bertz CT molecular complexity index is 3550. The number of fused-ring (bicyclic) bond motifs is 11. The lowest BCUT2D eigenvalue weighted by Crippen LogP contribution is -2.00. The molecule has 0 spiro atoms. The molecule has 260 valence electrons. The summed E-state index contributed by atoms with van der Waals surface area (Å²) >= 11 is 1.78. The highest BCUT2D eigenvalue weighted by atomic mass is 32.1. The summed E-state index contributed by atoms with van der Waals surface area (Å²) < 4.78 is 9.23. The van der Waals surface area contributed by atoms with Crippen molar-refractivity contribution in [3.8, 4) is 45.3 Å². The predicted octanol–water partition coefficient (Wildman–Crippen LogP) is 14.3. The largest absolute Gasteiger partial charge is 0.455 e. The highest BCUT2D eigenvalue weighted by Crippen LogP contribution is 2.46. The van der Waals surface area contributed by atoms with E-state index in [9.17, 15) is 0 Å². The number of hydrogen-bond acceptors (Lipinski definition) is 5. The number of nitrogens with zero attached hydrogens (tertiary/aromatic N) is 3. The van der Waals surface area contributed by atoms with Gasteiger partial charge in [-0.2, -0.15) is 0 Å². The third-order valence-electron chi connectivity index (χ3n) is 11.1. The van der Waals surface area contributed by atoms with Gasteiger partial charge in [-0.3, -0.25) is 0 Å². The van der Waals surface area contributed by atoms with Crippen LogP contribution in [0.1, 0.15) is 0 Å². The van der Waals surface area contributed by atoms with Gasteiger partial charge in [-0.15, -0.1) is 11.3 Å². The summed E-state index contributed by atoms with van der Waals surface area (Å²) in [6.45, 7) is 0. The average molecular weight is 732 g/mol. The molecule has 0 bridgehead atoms. The number of benzene rings is 9. The monoisotopic (exact) mass is 731 g/mol. The van der Waals surface area contributed by atoms with Gasteiger partial charge in [-0.1, -0.05) is 140 Å². The van der Waals surface area contributed by atoms with Crippen LogP contribution in [0.25, 0.3) is 120 Å². The van der Waals surface area contributed by atoms with Gasteiger partial charge in [0, 0.05) is 53.0 Å². The lowest BCUT2D eigenvalue weighted by atomic mass is 9.89. The Labute approximate surface area is 325 Å². The number of rotatable bonds is 4. The van der Waals surface area contributed by atoms with Crippen LogP contribution in [0.5, 0.6) is 0 Å². The molecule has 0 aliphatic heterocycles. The summed E-state index contributed by atoms with van der Waals surface area (Å²) in [7, 11) is 0. The van der Waals surface area contributed by atoms with Crippen LogP contribution in [0.4, 0.5) is 0 Å². The van der Waals surface area contributed by atoms with Crippen LogP contribution in [-0.2, 0) is 0 Å². The molecule has 12 aromatic rings. The van der Waals surface area contributed by atoms with Crippen molar-refractivity contribution in [2.45, 2.75) is 0 Å². The molecular weight excluding hydrogens is 703 g/mol. The molecule has 0 atom stereocenters. The molecule has 0 saturated carbocycles. The molecule has 5 heteroatoms. The van der Waals surface area contributed by atoms with Crippen molar-refractivity contribution in [2.75, 3.05) is 0 Å². The minimum Gasteiger partial charge on any atom is -0.455 e. The fourth-order valence-corrected chi connectivity index (χ4v) is 9.73. The maximum absolute atomic E-state index is 6.82. The summed E-state index contributed by atoms with van der Waals surface area (Å²) in [5.74, 6) is 1.92. The minimum absolute atomic E-state index is 0.624. The third kappa shape index (κ3) is 4.75. The van der Waals surface area contributed by atoms with Gasteiger partial charge in [-0.05, 0) is 74.5 Å². The minimum atomic E-state index is 0.624. The first-order valence-corrected chi connectivity index (χ1v) is 19.6. The summed E-state index contributed by atoms with van der Waals surface area (Å²) in [6.07, 6.45) is 0. The highest BCUT2D eigenvalue weighted by molar-refractivity contribution is 7.26.